The van der Waals surface area contributed by atoms with Gasteiger partial charge in [-0.1, -0.05) is 252 Å². The first kappa shape index (κ1) is 56.0. The second-order valence-corrected chi connectivity index (χ2v) is 30.3. The molecule has 0 radical (unpaired) electrons. The molecule has 0 N–H and O–H groups in total. The summed E-state index contributed by atoms with van der Waals surface area (Å²) in [7, 11) is 0. The lowest BCUT2D eigenvalue weighted by Crippen LogP contribution is -2.63. The highest BCUT2D eigenvalue weighted by molar-refractivity contribution is 7.02. The van der Waals surface area contributed by atoms with Crippen LogP contribution in [-0.2, 0) is 21.7 Å². The summed E-state index contributed by atoms with van der Waals surface area (Å²) >= 11 is 0. The second-order valence-electron chi connectivity index (χ2n) is 30.3. The van der Waals surface area contributed by atoms with Gasteiger partial charge >= 0.3 is 0 Å². The Hall–Kier alpha value is -9.25. The lowest BCUT2D eigenvalue weighted by atomic mass is 9.31. The third kappa shape index (κ3) is 8.79. The highest BCUT2D eigenvalue weighted by Gasteiger charge is 2.51. The second kappa shape index (κ2) is 19.6. The van der Waals surface area contributed by atoms with Gasteiger partial charge in [0.2, 0.25) is 0 Å². The maximum Gasteiger partial charge on any atom is 0.256 e. The fourth-order valence-electron chi connectivity index (χ4n) is 15.0. The molecule has 0 saturated carbocycles. The van der Waals surface area contributed by atoms with E-state index in [-0.39, 0.29) is 35.1 Å². The van der Waals surface area contributed by atoms with E-state index in [0.29, 0.717) is 0 Å². The number of benzene rings is 11. The van der Waals surface area contributed by atoms with Gasteiger partial charge in [-0.2, -0.15) is 0 Å². The molecule has 0 aliphatic carbocycles. The van der Waals surface area contributed by atoms with Crippen molar-refractivity contribution in [2.24, 2.45) is 0 Å². The first-order valence-electron chi connectivity index (χ1n) is 32.4. The van der Waals surface area contributed by atoms with Crippen LogP contribution in [0.25, 0.3) is 72.0 Å². The predicted molar refractivity (Wildman–Crippen MR) is 384 cm³/mol. The molecular formula is C84H76B2N2O2. The minimum Gasteiger partial charge on any atom is -0.456 e. The lowest BCUT2D eigenvalue weighted by molar-refractivity contribution is 0.474. The van der Waals surface area contributed by atoms with Crippen LogP contribution in [-0.4, -0.2) is 18.0 Å². The van der Waals surface area contributed by atoms with Crippen molar-refractivity contribution < 1.29 is 9.47 Å². The van der Waals surface area contributed by atoms with Crippen molar-refractivity contribution in [1.82, 2.24) is 4.57 Å². The third-order valence-corrected chi connectivity index (χ3v) is 20.1. The lowest BCUT2D eigenvalue weighted by Gasteiger charge is -2.45. The van der Waals surface area contributed by atoms with Crippen LogP contribution in [0.5, 0.6) is 23.0 Å². The van der Waals surface area contributed by atoms with Crippen molar-refractivity contribution in [3.63, 3.8) is 0 Å². The van der Waals surface area contributed by atoms with E-state index in [1.54, 1.807) is 0 Å². The van der Waals surface area contributed by atoms with E-state index < -0.39 is 0 Å². The Morgan fingerprint density at radius 1 is 0.322 bits per heavy atom. The molecule has 0 amide bonds. The molecule has 0 unspecified atom stereocenters. The van der Waals surface area contributed by atoms with Crippen LogP contribution in [0.4, 0.5) is 17.1 Å². The zero-order valence-electron chi connectivity index (χ0n) is 54.5. The molecule has 11 aromatic carbocycles. The van der Waals surface area contributed by atoms with E-state index in [1.807, 2.05) is 0 Å². The minimum absolute atomic E-state index is 0.0163. The molecule has 90 heavy (non-hydrogen) atoms. The van der Waals surface area contributed by atoms with Gasteiger partial charge in [-0.05, 0) is 173 Å². The van der Waals surface area contributed by atoms with E-state index in [1.165, 1.54) is 105 Å². The summed E-state index contributed by atoms with van der Waals surface area (Å²) in [6.45, 7) is 31.4. The highest BCUT2D eigenvalue weighted by atomic mass is 16.5. The van der Waals surface area contributed by atoms with Crippen molar-refractivity contribution in [2.75, 3.05) is 4.90 Å². The maximum absolute atomic E-state index is 7.86. The van der Waals surface area contributed by atoms with Gasteiger partial charge in [-0.3, -0.25) is 0 Å². The average Bonchev–Trinajstić information content (AvgIpc) is 1.15. The molecule has 6 heteroatoms. The summed E-state index contributed by atoms with van der Waals surface area (Å²) in [6.07, 6.45) is 0. The number of aromatic nitrogens is 1. The Kier molecular flexibility index (Phi) is 12.2. The standard InChI is InChI=1S/C84H76B2N2O2/c1-49-15-41-72-67(43-49)85-66-47-57(54-21-33-61(34-22-54)83(9,10)11)28-40-71(66)87(63-37-25-52(26-38-63)51-17-29-59(30-18-51)81(3,4)5)77-74(85)80(90-72)78-75-79(77)89-73-42-16-50(2)44-68(73)86(75)69-48-58(55-23-35-62(36-24-55)84(12,13)14)46-65-64-45-56(27-39-70(64)88(78)76(65)69)53-19-31-60(32-20-53)82(6,7)8/h15-48H,1-14H3. The fourth-order valence-corrected chi connectivity index (χ4v) is 15.0. The van der Waals surface area contributed by atoms with Crippen LogP contribution < -0.4 is 47.2 Å². The summed E-state index contributed by atoms with van der Waals surface area (Å²) < 4.78 is 18.3. The molecular weight excluding hydrogens is 1090 g/mol. The Balaban J connectivity index is 1.01. The molecule has 0 atom stereocenters. The van der Waals surface area contributed by atoms with Crippen molar-refractivity contribution in [3.05, 3.63) is 240 Å². The molecule has 1 aromatic heterocycles. The van der Waals surface area contributed by atoms with Gasteiger partial charge in [0.25, 0.3) is 13.4 Å². The SMILES string of the molecule is Cc1ccc2c(c1)B1c3cc(-c4ccc(C(C)(C)C)cc4)ccc3N(c3ccc(-c4ccc(C(C)(C)C)cc4)cc3)c3c4c5c(c(c31)O2)-n1c2ccc(-c3ccc(C(C)(C)C)cc3)cc2c2cc(-c3ccc(C(C)(C)C)cc3)cc(c21)B5c1cc(C)ccc1O4. The number of ether oxygens (including phenoxy) is 2. The molecule has 4 aliphatic heterocycles. The summed E-state index contributed by atoms with van der Waals surface area (Å²) in [4.78, 5) is 2.52. The van der Waals surface area contributed by atoms with Gasteiger partial charge in [0.1, 0.15) is 23.0 Å². The number of hydrogen-bond donors (Lipinski definition) is 0. The van der Waals surface area contributed by atoms with Crippen molar-refractivity contribution in [3.8, 4) is 73.2 Å². The van der Waals surface area contributed by atoms with Crippen molar-refractivity contribution >= 4 is 85.1 Å². The van der Waals surface area contributed by atoms with E-state index in [0.717, 1.165) is 73.1 Å². The van der Waals surface area contributed by atoms with Gasteiger partial charge in [-0.15, -0.1) is 0 Å². The molecule has 5 heterocycles. The van der Waals surface area contributed by atoms with Crippen LogP contribution in [0.15, 0.2) is 206 Å². The summed E-state index contributed by atoms with van der Waals surface area (Å²) in [6, 6.07) is 79.1. The van der Waals surface area contributed by atoms with E-state index in [9.17, 15) is 0 Å². The van der Waals surface area contributed by atoms with E-state index >= 15 is 0 Å². The quantitative estimate of drug-likeness (QED) is 0.161. The van der Waals surface area contributed by atoms with Crippen LogP contribution in [0.2, 0.25) is 0 Å². The summed E-state index contributed by atoms with van der Waals surface area (Å²) in [5.41, 5.74) is 30.8. The van der Waals surface area contributed by atoms with Gasteiger partial charge in [0, 0.05) is 38.6 Å². The Morgan fingerprint density at radius 2 is 0.700 bits per heavy atom. The zero-order valence-corrected chi connectivity index (χ0v) is 54.5. The smallest absolute Gasteiger partial charge is 0.256 e. The van der Waals surface area contributed by atoms with Gasteiger partial charge in [-0.25, -0.2) is 0 Å². The number of nitrogens with zero attached hydrogens (tertiary/aromatic N) is 2. The van der Waals surface area contributed by atoms with Crippen LogP contribution in [0, 0.1) is 13.8 Å². The van der Waals surface area contributed by atoms with Crippen LogP contribution in [0.3, 0.4) is 0 Å². The van der Waals surface area contributed by atoms with E-state index in [2.05, 4.69) is 313 Å². The van der Waals surface area contributed by atoms with Gasteiger partial charge < -0.3 is 18.9 Å². The first-order chi connectivity index (χ1) is 42.9. The van der Waals surface area contributed by atoms with Gasteiger partial charge in [0.05, 0.1) is 16.9 Å². The van der Waals surface area contributed by atoms with Crippen LogP contribution >= 0.6 is 0 Å². The molecule has 0 fully saturated rings. The number of hydrogen-bond acceptors (Lipinski definition) is 3. The summed E-state index contributed by atoms with van der Waals surface area (Å²) in [5.74, 6) is 3.48. The predicted octanol–water partition coefficient (Wildman–Crippen LogP) is 18.6. The number of rotatable bonds is 5. The molecule has 16 rings (SSSR count). The number of aryl methyl sites for hydroxylation is 2. The zero-order chi connectivity index (χ0) is 62.2. The topological polar surface area (TPSA) is 26.6 Å². The Bertz CT molecular complexity index is 4970. The Labute approximate surface area is 532 Å². The molecule has 4 aliphatic rings. The fraction of sp³-hybridized carbons (Fsp3) is 0.214. The normalized spacial score (nSPS) is 13.8. The average molecular weight is 1170 g/mol. The van der Waals surface area contributed by atoms with Crippen LogP contribution in [0.1, 0.15) is 116 Å². The molecule has 12 aromatic rings. The molecule has 440 valence electrons. The Morgan fingerprint density at radius 3 is 1.19 bits per heavy atom. The minimum atomic E-state index is -0.223. The summed E-state index contributed by atoms with van der Waals surface area (Å²) in [5, 5.41) is 2.42. The van der Waals surface area contributed by atoms with Crippen molar-refractivity contribution in [2.45, 2.75) is 119 Å². The molecule has 4 nitrogen and oxygen atoms in total. The number of fused-ring (bicyclic) bond motifs is 13. The largest absolute Gasteiger partial charge is 0.456 e. The monoisotopic (exact) mass is 1170 g/mol. The van der Waals surface area contributed by atoms with Gasteiger partial charge in [0.15, 0.2) is 0 Å². The maximum atomic E-state index is 7.86. The van der Waals surface area contributed by atoms with E-state index in [4.69, 9.17) is 9.47 Å². The molecule has 0 saturated heterocycles. The number of anilines is 3. The first-order valence-corrected chi connectivity index (χ1v) is 32.4. The molecule has 0 bridgehead atoms. The third-order valence-electron chi connectivity index (χ3n) is 20.1. The molecule has 0 spiro atoms. The highest BCUT2D eigenvalue weighted by Crippen LogP contribution is 2.52. The van der Waals surface area contributed by atoms with Crippen molar-refractivity contribution in [1.29, 1.82) is 0 Å².